The molecule has 0 amide bonds. The van der Waals surface area contributed by atoms with E-state index in [0.717, 1.165) is 16.9 Å². The molecule has 0 aliphatic rings. The molecule has 0 aliphatic heterocycles. The Morgan fingerprint density at radius 3 is 2.76 bits per heavy atom. The van der Waals surface area contributed by atoms with Gasteiger partial charge in [0.15, 0.2) is 0 Å². The fourth-order valence-corrected chi connectivity index (χ4v) is 2.85. The Kier molecular flexibility index (Phi) is 5.36. The number of rotatable bonds is 6. The molecule has 1 unspecified atom stereocenters. The summed E-state index contributed by atoms with van der Waals surface area (Å²) in [6, 6.07) is 15.5. The summed E-state index contributed by atoms with van der Waals surface area (Å²) >= 11 is 6.02. The summed E-state index contributed by atoms with van der Waals surface area (Å²) in [5.74, 6) is 1.96. The lowest BCUT2D eigenvalue weighted by Crippen LogP contribution is -2.22. The minimum absolute atomic E-state index is 0.137. The van der Waals surface area contributed by atoms with Crippen molar-refractivity contribution in [2.24, 2.45) is 0 Å². The van der Waals surface area contributed by atoms with Crippen LogP contribution in [0.1, 0.15) is 24.4 Å². The molecular formula is C19H20ClN3O2. The highest BCUT2D eigenvalue weighted by atomic mass is 35.5. The zero-order chi connectivity index (χ0) is 17.8. The van der Waals surface area contributed by atoms with E-state index in [4.69, 9.17) is 20.9 Å². The molecule has 0 fully saturated rings. The molecule has 0 saturated carbocycles. The molecule has 5 nitrogen and oxygen atoms in total. The summed E-state index contributed by atoms with van der Waals surface area (Å²) in [5, 5.41) is 4.69. The third-order valence-electron chi connectivity index (χ3n) is 4.19. The summed E-state index contributed by atoms with van der Waals surface area (Å²) in [4.78, 5) is 6.60. The molecule has 0 N–H and O–H groups in total. The standard InChI is InChI=1S/C19H20ClN3O2/c1-13(16-9-4-5-10-17(16)24-3)23(2)12-18-21-19(22-25-18)14-7-6-8-15(20)11-14/h4-11,13H,12H2,1-3H3. The monoisotopic (exact) mass is 357 g/mol. The third-order valence-corrected chi connectivity index (χ3v) is 4.42. The Bertz CT molecular complexity index is 850. The number of hydrogen-bond donors (Lipinski definition) is 0. The number of nitrogens with zero attached hydrogens (tertiary/aromatic N) is 3. The van der Waals surface area contributed by atoms with Crippen LogP contribution >= 0.6 is 11.6 Å². The van der Waals surface area contributed by atoms with Crippen LogP contribution in [0.2, 0.25) is 5.02 Å². The van der Waals surface area contributed by atoms with Crippen LogP contribution in [-0.2, 0) is 6.54 Å². The summed E-state index contributed by atoms with van der Waals surface area (Å²) in [6.07, 6.45) is 0. The van der Waals surface area contributed by atoms with Crippen LogP contribution in [0.5, 0.6) is 5.75 Å². The number of aromatic nitrogens is 2. The Labute approximate surface area is 152 Å². The van der Waals surface area contributed by atoms with Crippen molar-refractivity contribution in [1.82, 2.24) is 15.0 Å². The molecule has 0 radical (unpaired) electrons. The van der Waals surface area contributed by atoms with Crippen molar-refractivity contribution in [3.8, 4) is 17.1 Å². The van der Waals surface area contributed by atoms with Gasteiger partial charge in [0.25, 0.3) is 0 Å². The predicted molar refractivity (Wildman–Crippen MR) is 97.6 cm³/mol. The zero-order valence-electron chi connectivity index (χ0n) is 14.4. The van der Waals surface area contributed by atoms with Gasteiger partial charge in [-0.25, -0.2) is 0 Å². The highest BCUT2D eigenvalue weighted by Crippen LogP contribution is 2.29. The first-order valence-corrected chi connectivity index (χ1v) is 8.38. The van der Waals surface area contributed by atoms with Crippen molar-refractivity contribution in [1.29, 1.82) is 0 Å². The molecule has 1 heterocycles. The Morgan fingerprint density at radius 2 is 2.00 bits per heavy atom. The van der Waals surface area contributed by atoms with Gasteiger partial charge < -0.3 is 9.26 Å². The second-order valence-electron chi connectivity index (χ2n) is 5.86. The maximum atomic E-state index is 6.02. The van der Waals surface area contributed by atoms with E-state index in [1.165, 1.54) is 0 Å². The Balaban J connectivity index is 1.74. The third kappa shape index (κ3) is 4.00. The van der Waals surface area contributed by atoms with Gasteiger partial charge in [-0.2, -0.15) is 4.98 Å². The van der Waals surface area contributed by atoms with E-state index in [-0.39, 0.29) is 6.04 Å². The van der Waals surface area contributed by atoms with Crippen molar-refractivity contribution in [3.63, 3.8) is 0 Å². The van der Waals surface area contributed by atoms with Gasteiger partial charge in [0.05, 0.1) is 13.7 Å². The van der Waals surface area contributed by atoms with Crippen molar-refractivity contribution >= 4 is 11.6 Å². The van der Waals surface area contributed by atoms with Gasteiger partial charge in [0, 0.05) is 22.2 Å². The summed E-state index contributed by atoms with van der Waals surface area (Å²) in [5.41, 5.74) is 1.95. The number of para-hydroxylation sites is 1. The highest BCUT2D eigenvalue weighted by Gasteiger charge is 2.18. The molecule has 0 saturated heterocycles. The van der Waals surface area contributed by atoms with Crippen LogP contribution in [0.3, 0.4) is 0 Å². The molecule has 6 heteroatoms. The maximum Gasteiger partial charge on any atom is 0.241 e. The van der Waals surface area contributed by atoms with Crippen molar-refractivity contribution in [2.75, 3.05) is 14.2 Å². The van der Waals surface area contributed by atoms with E-state index in [0.29, 0.717) is 23.3 Å². The number of methoxy groups -OCH3 is 1. The zero-order valence-corrected chi connectivity index (χ0v) is 15.2. The van der Waals surface area contributed by atoms with Crippen LogP contribution < -0.4 is 4.74 Å². The molecule has 3 rings (SSSR count). The minimum atomic E-state index is 0.137. The molecule has 130 valence electrons. The van der Waals surface area contributed by atoms with Gasteiger partial charge in [-0.1, -0.05) is 47.1 Å². The highest BCUT2D eigenvalue weighted by molar-refractivity contribution is 6.30. The van der Waals surface area contributed by atoms with Crippen LogP contribution in [0.25, 0.3) is 11.4 Å². The van der Waals surface area contributed by atoms with Gasteiger partial charge in [-0.3, -0.25) is 4.90 Å². The summed E-state index contributed by atoms with van der Waals surface area (Å²) in [7, 11) is 3.70. The van der Waals surface area contributed by atoms with E-state index >= 15 is 0 Å². The lowest BCUT2D eigenvalue weighted by molar-refractivity contribution is 0.213. The molecular weight excluding hydrogens is 338 g/mol. The number of hydrogen-bond acceptors (Lipinski definition) is 5. The Hall–Kier alpha value is -2.37. The number of ether oxygens (including phenoxy) is 1. The van der Waals surface area contributed by atoms with E-state index < -0.39 is 0 Å². The fraction of sp³-hybridized carbons (Fsp3) is 0.263. The first kappa shape index (κ1) is 17.5. The van der Waals surface area contributed by atoms with Crippen molar-refractivity contribution in [3.05, 3.63) is 65.0 Å². The largest absolute Gasteiger partial charge is 0.496 e. The molecule has 25 heavy (non-hydrogen) atoms. The average molecular weight is 358 g/mol. The molecule has 0 aliphatic carbocycles. The molecule has 2 aromatic carbocycles. The number of benzene rings is 2. The SMILES string of the molecule is COc1ccccc1C(C)N(C)Cc1nc(-c2cccc(Cl)c2)no1. The first-order chi connectivity index (χ1) is 12.1. The van der Waals surface area contributed by atoms with E-state index in [1.807, 2.05) is 49.5 Å². The molecule has 1 aromatic heterocycles. The predicted octanol–water partition coefficient (Wildman–Crippen LogP) is 4.59. The topological polar surface area (TPSA) is 51.4 Å². The van der Waals surface area contributed by atoms with E-state index in [9.17, 15) is 0 Å². The normalized spacial score (nSPS) is 12.4. The first-order valence-electron chi connectivity index (χ1n) is 8.00. The summed E-state index contributed by atoms with van der Waals surface area (Å²) < 4.78 is 10.8. The van der Waals surface area contributed by atoms with Gasteiger partial charge >= 0.3 is 0 Å². The van der Waals surface area contributed by atoms with Gasteiger partial charge in [0.2, 0.25) is 11.7 Å². The molecule has 0 spiro atoms. The van der Waals surface area contributed by atoms with Crippen LogP contribution in [-0.4, -0.2) is 29.2 Å². The fourth-order valence-electron chi connectivity index (χ4n) is 2.66. The van der Waals surface area contributed by atoms with Crippen LogP contribution in [0.4, 0.5) is 0 Å². The Morgan fingerprint density at radius 1 is 1.20 bits per heavy atom. The van der Waals surface area contributed by atoms with E-state index in [2.05, 4.69) is 28.0 Å². The summed E-state index contributed by atoms with van der Waals surface area (Å²) in [6.45, 7) is 2.65. The van der Waals surface area contributed by atoms with Gasteiger partial charge in [-0.05, 0) is 32.2 Å². The maximum absolute atomic E-state index is 6.02. The smallest absolute Gasteiger partial charge is 0.241 e. The van der Waals surface area contributed by atoms with Crippen molar-refractivity contribution in [2.45, 2.75) is 19.5 Å². The van der Waals surface area contributed by atoms with Gasteiger partial charge in [-0.15, -0.1) is 0 Å². The van der Waals surface area contributed by atoms with Crippen molar-refractivity contribution < 1.29 is 9.26 Å². The lowest BCUT2D eigenvalue weighted by atomic mass is 10.1. The second kappa shape index (κ2) is 7.68. The quantitative estimate of drug-likeness (QED) is 0.645. The lowest BCUT2D eigenvalue weighted by Gasteiger charge is -2.24. The molecule has 1 atom stereocenters. The van der Waals surface area contributed by atoms with Crippen LogP contribution in [0, 0.1) is 0 Å². The molecule has 3 aromatic rings. The van der Waals surface area contributed by atoms with Gasteiger partial charge in [0.1, 0.15) is 5.75 Å². The van der Waals surface area contributed by atoms with Crippen LogP contribution in [0.15, 0.2) is 53.1 Å². The minimum Gasteiger partial charge on any atom is -0.496 e. The number of halogens is 1. The van der Waals surface area contributed by atoms with E-state index in [1.54, 1.807) is 7.11 Å². The average Bonchev–Trinajstić information content (AvgIpc) is 3.09. The molecule has 0 bridgehead atoms. The second-order valence-corrected chi connectivity index (χ2v) is 6.29.